The Balaban J connectivity index is 1.69. The summed E-state index contributed by atoms with van der Waals surface area (Å²) in [5, 5.41) is 10.8. The van der Waals surface area contributed by atoms with E-state index in [9.17, 15) is 14.9 Å². The van der Waals surface area contributed by atoms with Crippen molar-refractivity contribution in [3.05, 3.63) is 64.0 Å². The van der Waals surface area contributed by atoms with E-state index in [2.05, 4.69) is 14.9 Å². The number of anilines is 1. The molecule has 7 nitrogen and oxygen atoms in total. The maximum absolute atomic E-state index is 12.1. The van der Waals surface area contributed by atoms with Crippen LogP contribution in [0.15, 0.2) is 42.7 Å². The quantitative estimate of drug-likeness (QED) is 0.363. The van der Waals surface area contributed by atoms with Gasteiger partial charge in [0.25, 0.3) is 5.69 Å². The van der Waals surface area contributed by atoms with E-state index in [1.54, 1.807) is 24.5 Å². The van der Waals surface area contributed by atoms with Crippen molar-refractivity contribution in [1.82, 2.24) is 9.97 Å². The lowest BCUT2D eigenvalue weighted by molar-refractivity contribution is -0.384. The number of ketones is 1. The Morgan fingerprint density at radius 3 is 2.58 bits per heavy atom. The molecule has 0 spiro atoms. The van der Waals surface area contributed by atoms with Crippen molar-refractivity contribution < 1.29 is 9.72 Å². The number of carbonyl (C=O) groups is 1. The second-order valence-electron chi connectivity index (χ2n) is 5.52. The van der Waals surface area contributed by atoms with Crippen LogP contribution in [0.2, 0.25) is 0 Å². The highest BCUT2D eigenvalue weighted by Crippen LogP contribution is 2.16. The maximum Gasteiger partial charge on any atom is 0.270 e. The zero-order valence-electron chi connectivity index (χ0n) is 13.0. The molecule has 1 aliphatic rings. The van der Waals surface area contributed by atoms with E-state index in [1.807, 2.05) is 0 Å². The van der Waals surface area contributed by atoms with Crippen LogP contribution in [0.1, 0.15) is 28.8 Å². The molecule has 122 valence electrons. The first-order valence-corrected chi connectivity index (χ1v) is 7.67. The van der Waals surface area contributed by atoms with Crippen molar-refractivity contribution in [3.8, 4) is 0 Å². The molecule has 2 aromatic rings. The molecule has 3 rings (SSSR count). The minimum atomic E-state index is -0.522. The van der Waals surface area contributed by atoms with Gasteiger partial charge in [-0.3, -0.25) is 14.9 Å². The second kappa shape index (κ2) is 6.99. The van der Waals surface area contributed by atoms with Gasteiger partial charge in [-0.15, -0.1) is 0 Å². The summed E-state index contributed by atoms with van der Waals surface area (Å²) < 4.78 is 0. The van der Waals surface area contributed by atoms with E-state index in [0.717, 1.165) is 25.9 Å². The molecule has 0 bridgehead atoms. The van der Waals surface area contributed by atoms with Gasteiger partial charge in [0, 0.05) is 48.7 Å². The van der Waals surface area contributed by atoms with Gasteiger partial charge < -0.3 is 4.90 Å². The van der Waals surface area contributed by atoms with Crippen molar-refractivity contribution >= 4 is 23.5 Å². The number of hydrogen-bond donors (Lipinski definition) is 0. The summed E-state index contributed by atoms with van der Waals surface area (Å²) in [5.41, 5.74) is 0.874. The van der Waals surface area contributed by atoms with Gasteiger partial charge in [0.05, 0.1) is 4.92 Å². The van der Waals surface area contributed by atoms with E-state index in [0.29, 0.717) is 11.5 Å². The number of nitro benzene ring substituents is 1. The number of carbonyl (C=O) groups excluding carboxylic acids is 1. The Morgan fingerprint density at radius 2 is 1.92 bits per heavy atom. The molecule has 24 heavy (non-hydrogen) atoms. The topological polar surface area (TPSA) is 89.2 Å². The highest BCUT2D eigenvalue weighted by Gasteiger charge is 2.14. The van der Waals surface area contributed by atoms with E-state index < -0.39 is 4.92 Å². The number of aromatic nitrogens is 2. The molecule has 0 radical (unpaired) electrons. The van der Waals surface area contributed by atoms with Gasteiger partial charge in [-0.2, -0.15) is 0 Å². The molecule has 0 aliphatic carbocycles. The summed E-state index contributed by atoms with van der Waals surface area (Å²) in [5.74, 6) is 0.400. The third-order valence-electron chi connectivity index (χ3n) is 3.82. The van der Waals surface area contributed by atoms with Crippen LogP contribution in [0.5, 0.6) is 0 Å². The number of benzene rings is 1. The molecule has 7 heteroatoms. The minimum Gasteiger partial charge on any atom is -0.341 e. The van der Waals surface area contributed by atoms with Crippen molar-refractivity contribution in [2.24, 2.45) is 0 Å². The third kappa shape index (κ3) is 3.62. The Labute approximate surface area is 138 Å². The highest BCUT2D eigenvalue weighted by atomic mass is 16.6. The van der Waals surface area contributed by atoms with Crippen LogP contribution in [0.25, 0.3) is 6.08 Å². The molecule has 0 saturated carbocycles. The fraction of sp³-hybridized carbons (Fsp3) is 0.235. The molecule has 0 N–H and O–H groups in total. The number of allylic oxidation sites excluding steroid dienone is 1. The van der Waals surface area contributed by atoms with Crippen molar-refractivity contribution in [1.29, 1.82) is 0 Å². The molecular formula is C17H16N4O3. The third-order valence-corrected chi connectivity index (χ3v) is 3.82. The summed E-state index contributed by atoms with van der Waals surface area (Å²) in [4.78, 5) is 33.1. The summed E-state index contributed by atoms with van der Waals surface area (Å²) in [7, 11) is 0. The molecule has 0 unspecified atom stereocenters. The molecular weight excluding hydrogens is 308 g/mol. The van der Waals surface area contributed by atoms with Crippen LogP contribution in [0.3, 0.4) is 0 Å². The van der Waals surface area contributed by atoms with Crippen LogP contribution < -0.4 is 4.90 Å². The summed E-state index contributed by atoms with van der Waals surface area (Å²) in [6.07, 6.45) is 8.61. The molecule has 2 heterocycles. The molecule has 1 saturated heterocycles. The van der Waals surface area contributed by atoms with Crippen LogP contribution >= 0.6 is 0 Å². The lowest BCUT2D eigenvalue weighted by Gasteiger charge is -2.14. The second-order valence-corrected chi connectivity index (χ2v) is 5.52. The number of hydrogen-bond acceptors (Lipinski definition) is 6. The van der Waals surface area contributed by atoms with Crippen LogP contribution in [0.4, 0.5) is 11.6 Å². The standard InChI is InChI=1S/C17H16N4O3/c22-16(14-4-3-5-15(10-14)21(23)24)7-6-13-11-18-17(19-12-13)20-8-1-2-9-20/h3-7,10-12H,1-2,8-9H2. The van der Waals surface area contributed by atoms with Crippen molar-refractivity contribution in [2.45, 2.75) is 12.8 Å². The Hall–Kier alpha value is -3.09. The predicted molar refractivity (Wildman–Crippen MR) is 89.9 cm³/mol. The van der Waals surface area contributed by atoms with Crippen LogP contribution in [-0.4, -0.2) is 33.8 Å². The zero-order chi connectivity index (χ0) is 16.9. The largest absolute Gasteiger partial charge is 0.341 e. The Kier molecular flexibility index (Phi) is 4.60. The molecule has 0 amide bonds. The lowest BCUT2D eigenvalue weighted by atomic mass is 10.1. The lowest BCUT2D eigenvalue weighted by Crippen LogP contribution is -2.20. The highest BCUT2D eigenvalue weighted by molar-refractivity contribution is 6.07. The van der Waals surface area contributed by atoms with Gasteiger partial charge in [0.2, 0.25) is 5.95 Å². The van der Waals surface area contributed by atoms with Gasteiger partial charge in [0.15, 0.2) is 5.78 Å². The molecule has 1 aromatic heterocycles. The van der Waals surface area contributed by atoms with Gasteiger partial charge in [-0.05, 0) is 25.0 Å². The molecule has 0 atom stereocenters. The number of nitrogens with zero attached hydrogens (tertiary/aromatic N) is 4. The van der Waals surface area contributed by atoms with E-state index in [4.69, 9.17) is 0 Å². The number of nitro groups is 1. The Morgan fingerprint density at radius 1 is 1.21 bits per heavy atom. The fourth-order valence-electron chi connectivity index (χ4n) is 2.54. The molecule has 1 aromatic carbocycles. The average Bonchev–Trinajstić information content (AvgIpc) is 3.15. The number of rotatable bonds is 5. The van der Waals surface area contributed by atoms with Crippen molar-refractivity contribution in [2.75, 3.05) is 18.0 Å². The summed E-state index contributed by atoms with van der Waals surface area (Å²) in [6, 6.07) is 5.66. The zero-order valence-corrected chi connectivity index (χ0v) is 13.0. The van der Waals surface area contributed by atoms with Gasteiger partial charge >= 0.3 is 0 Å². The van der Waals surface area contributed by atoms with Crippen LogP contribution in [0, 0.1) is 10.1 Å². The normalized spacial score (nSPS) is 14.2. The number of non-ortho nitro benzene ring substituents is 1. The predicted octanol–water partition coefficient (Wildman–Crippen LogP) is 2.88. The molecule has 1 aliphatic heterocycles. The maximum atomic E-state index is 12.1. The summed E-state index contributed by atoms with van der Waals surface area (Å²) in [6.45, 7) is 1.95. The summed E-state index contributed by atoms with van der Waals surface area (Å²) >= 11 is 0. The molecule has 1 fully saturated rings. The van der Waals surface area contributed by atoms with Gasteiger partial charge in [0.1, 0.15) is 0 Å². The minimum absolute atomic E-state index is 0.104. The first kappa shape index (κ1) is 15.8. The first-order chi connectivity index (χ1) is 11.6. The van der Waals surface area contributed by atoms with Gasteiger partial charge in [-0.1, -0.05) is 12.1 Å². The Bertz CT molecular complexity index is 781. The van der Waals surface area contributed by atoms with E-state index >= 15 is 0 Å². The van der Waals surface area contributed by atoms with Gasteiger partial charge in [-0.25, -0.2) is 9.97 Å². The van der Waals surface area contributed by atoms with Crippen molar-refractivity contribution in [3.63, 3.8) is 0 Å². The van der Waals surface area contributed by atoms with E-state index in [-0.39, 0.29) is 17.0 Å². The monoisotopic (exact) mass is 324 g/mol. The SMILES string of the molecule is O=C(C=Cc1cnc(N2CCCC2)nc1)c1cccc([N+](=O)[O-])c1. The van der Waals surface area contributed by atoms with E-state index in [1.165, 1.54) is 24.3 Å². The first-order valence-electron chi connectivity index (χ1n) is 7.67. The smallest absolute Gasteiger partial charge is 0.270 e. The van der Waals surface area contributed by atoms with Crippen LogP contribution in [-0.2, 0) is 0 Å². The fourth-order valence-corrected chi connectivity index (χ4v) is 2.54. The average molecular weight is 324 g/mol.